The number of fused-ring (bicyclic) bond motifs is 2. The molecule has 0 saturated heterocycles. The van der Waals surface area contributed by atoms with Gasteiger partial charge < -0.3 is 19.0 Å². The van der Waals surface area contributed by atoms with Gasteiger partial charge in [-0.05, 0) is 53.2 Å². The van der Waals surface area contributed by atoms with Crippen molar-refractivity contribution in [3.8, 4) is 0 Å². The molecule has 0 radical (unpaired) electrons. The molecule has 2 N–H and O–H groups in total. The SMILES string of the molecule is C.CCCCn1c(=O)c2c(nc(Cl)n2Cc2ccccc2)n(COCC[Si](C)(C)C)c1=O.O=c1[nH]c2nc(Cl)n(Cc3ccccc3)c2c(=O)n1CCCO. The van der Waals surface area contributed by atoms with E-state index in [2.05, 4.69) is 34.6 Å². The van der Waals surface area contributed by atoms with Gasteiger partial charge in [-0.1, -0.05) is 101 Å². The molecular formula is C38H50Cl2N8O6Si. The van der Waals surface area contributed by atoms with Gasteiger partial charge >= 0.3 is 11.4 Å². The van der Waals surface area contributed by atoms with Crippen LogP contribution in [0.5, 0.6) is 0 Å². The number of rotatable bonds is 15. The summed E-state index contributed by atoms with van der Waals surface area (Å²) in [6.07, 6.45) is 1.92. The van der Waals surface area contributed by atoms with E-state index in [1.54, 1.807) is 9.13 Å². The number of aromatic amines is 1. The van der Waals surface area contributed by atoms with E-state index in [-0.39, 0.29) is 60.2 Å². The lowest BCUT2D eigenvalue weighted by atomic mass is 10.2. The van der Waals surface area contributed by atoms with E-state index in [0.29, 0.717) is 38.2 Å². The number of nitrogens with one attached hydrogen (secondary N) is 1. The summed E-state index contributed by atoms with van der Waals surface area (Å²) in [5.74, 6) is 0. The molecule has 0 bridgehead atoms. The second-order valence-corrected chi connectivity index (χ2v) is 20.4. The lowest BCUT2D eigenvalue weighted by Crippen LogP contribution is -2.41. The van der Waals surface area contributed by atoms with Crippen LogP contribution in [0.3, 0.4) is 0 Å². The van der Waals surface area contributed by atoms with Gasteiger partial charge in [0.15, 0.2) is 22.3 Å². The molecule has 0 unspecified atom stereocenters. The van der Waals surface area contributed by atoms with Crippen molar-refractivity contribution in [1.82, 2.24) is 37.8 Å². The van der Waals surface area contributed by atoms with E-state index in [0.717, 1.165) is 34.6 Å². The van der Waals surface area contributed by atoms with Gasteiger partial charge in [0.05, 0.1) is 13.1 Å². The zero-order chi connectivity index (χ0) is 39.0. The van der Waals surface area contributed by atoms with Crippen LogP contribution in [0, 0.1) is 0 Å². The van der Waals surface area contributed by atoms with Gasteiger partial charge in [0.2, 0.25) is 10.6 Å². The van der Waals surface area contributed by atoms with Gasteiger partial charge in [0.25, 0.3) is 11.1 Å². The van der Waals surface area contributed by atoms with Crippen LogP contribution in [0.1, 0.15) is 44.7 Å². The molecule has 0 spiro atoms. The van der Waals surface area contributed by atoms with Gasteiger partial charge in [-0.3, -0.25) is 28.3 Å². The van der Waals surface area contributed by atoms with Crippen molar-refractivity contribution in [1.29, 1.82) is 0 Å². The fourth-order valence-electron chi connectivity index (χ4n) is 5.80. The Bertz CT molecular complexity index is 2430. The van der Waals surface area contributed by atoms with Gasteiger partial charge in [-0.15, -0.1) is 0 Å². The number of unbranched alkanes of at least 4 members (excludes halogenated alkanes) is 1. The van der Waals surface area contributed by atoms with Gasteiger partial charge in [0, 0.05) is 34.4 Å². The van der Waals surface area contributed by atoms with E-state index >= 15 is 0 Å². The minimum absolute atomic E-state index is 0. The van der Waals surface area contributed by atoms with Gasteiger partial charge in [-0.25, -0.2) is 9.59 Å². The number of ether oxygens (including phenoxy) is 1. The van der Waals surface area contributed by atoms with Crippen LogP contribution >= 0.6 is 23.2 Å². The molecular weight excluding hydrogens is 763 g/mol. The fourth-order valence-corrected chi connectivity index (χ4v) is 7.01. The number of nitrogens with zero attached hydrogens (tertiary/aromatic N) is 7. The molecule has 0 amide bonds. The van der Waals surface area contributed by atoms with E-state index in [1.165, 1.54) is 9.13 Å². The third-order valence-electron chi connectivity index (χ3n) is 8.77. The van der Waals surface area contributed by atoms with Crippen molar-refractivity contribution in [2.45, 2.75) is 92.2 Å². The number of halogens is 2. The molecule has 17 heteroatoms. The van der Waals surface area contributed by atoms with E-state index in [9.17, 15) is 19.2 Å². The highest BCUT2D eigenvalue weighted by molar-refractivity contribution is 6.76. The Labute approximate surface area is 329 Å². The van der Waals surface area contributed by atoms with Crippen molar-refractivity contribution in [3.05, 3.63) is 124 Å². The van der Waals surface area contributed by atoms with E-state index in [4.69, 9.17) is 33.0 Å². The van der Waals surface area contributed by atoms with Crippen molar-refractivity contribution in [2.24, 2.45) is 0 Å². The second kappa shape index (κ2) is 19.4. The molecule has 0 aliphatic heterocycles. The topological polar surface area (TPSA) is 164 Å². The number of H-pyrrole nitrogens is 1. The predicted octanol–water partition coefficient (Wildman–Crippen LogP) is 5.78. The molecule has 0 saturated carbocycles. The summed E-state index contributed by atoms with van der Waals surface area (Å²) in [5.41, 5.74) is 1.19. The second-order valence-electron chi connectivity index (χ2n) is 14.1. The maximum atomic E-state index is 13.3. The van der Waals surface area contributed by atoms with Crippen LogP contribution in [0.4, 0.5) is 0 Å². The minimum Gasteiger partial charge on any atom is -0.396 e. The van der Waals surface area contributed by atoms with Gasteiger partial charge in [0.1, 0.15) is 6.73 Å². The van der Waals surface area contributed by atoms with Gasteiger partial charge in [-0.2, -0.15) is 9.97 Å². The predicted molar refractivity (Wildman–Crippen MR) is 221 cm³/mol. The molecule has 14 nitrogen and oxygen atoms in total. The zero-order valence-electron chi connectivity index (χ0n) is 30.9. The van der Waals surface area contributed by atoms with Crippen molar-refractivity contribution in [2.75, 3.05) is 13.2 Å². The molecule has 4 heterocycles. The van der Waals surface area contributed by atoms with Crippen LogP contribution in [0.2, 0.25) is 36.3 Å². The van der Waals surface area contributed by atoms with Crippen molar-refractivity contribution < 1.29 is 9.84 Å². The number of benzene rings is 2. The molecule has 0 atom stereocenters. The third kappa shape index (κ3) is 10.4. The van der Waals surface area contributed by atoms with Crippen LogP contribution in [-0.4, -0.2) is 64.2 Å². The van der Waals surface area contributed by atoms with E-state index in [1.807, 2.05) is 67.6 Å². The number of aromatic nitrogens is 8. The summed E-state index contributed by atoms with van der Waals surface area (Å²) in [7, 11) is -1.26. The molecule has 296 valence electrons. The highest BCUT2D eigenvalue weighted by Gasteiger charge is 2.22. The Balaban J connectivity index is 0.000000250. The number of hydrogen-bond donors (Lipinski definition) is 2. The third-order valence-corrected chi connectivity index (χ3v) is 11.0. The number of aliphatic hydroxyl groups excluding tert-OH is 1. The summed E-state index contributed by atoms with van der Waals surface area (Å²) < 4.78 is 12.9. The Hall–Kier alpha value is -4.54. The quantitative estimate of drug-likeness (QED) is 0.0749. The van der Waals surface area contributed by atoms with E-state index < -0.39 is 25.0 Å². The number of hydrogen-bond acceptors (Lipinski definition) is 8. The summed E-state index contributed by atoms with van der Waals surface area (Å²) in [5, 5.41) is 9.23. The van der Waals surface area contributed by atoms with Crippen LogP contribution in [-0.2, 0) is 37.6 Å². The number of imidazole rings is 2. The first-order valence-electron chi connectivity index (χ1n) is 17.9. The monoisotopic (exact) mass is 812 g/mol. The molecule has 0 aliphatic rings. The maximum Gasteiger partial charge on any atom is 0.334 e. The largest absolute Gasteiger partial charge is 0.396 e. The Morgan fingerprint density at radius 1 is 0.745 bits per heavy atom. The first kappa shape index (κ1) is 43.2. The van der Waals surface area contributed by atoms with Crippen molar-refractivity contribution in [3.63, 3.8) is 0 Å². The zero-order valence-corrected chi connectivity index (χ0v) is 33.4. The molecule has 55 heavy (non-hydrogen) atoms. The molecule has 0 fully saturated rings. The minimum atomic E-state index is -1.26. The normalized spacial score (nSPS) is 11.5. The van der Waals surface area contributed by atoms with Crippen LogP contribution in [0.15, 0.2) is 79.8 Å². The molecule has 6 rings (SSSR count). The van der Waals surface area contributed by atoms with Crippen LogP contribution < -0.4 is 22.5 Å². The Morgan fingerprint density at radius 2 is 1.29 bits per heavy atom. The fraction of sp³-hybridized carbons (Fsp3) is 0.421. The van der Waals surface area contributed by atoms with Crippen molar-refractivity contribution >= 4 is 53.6 Å². The lowest BCUT2D eigenvalue weighted by molar-refractivity contribution is 0.0854. The highest BCUT2D eigenvalue weighted by Crippen LogP contribution is 2.19. The first-order chi connectivity index (χ1) is 25.8. The average molecular weight is 814 g/mol. The Morgan fingerprint density at radius 3 is 1.85 bits per heavy atom. The summed E-state index contributed by atoms with van der Waals surface area (Å²) in [6, 6.07) is 20.2. The molecule has 4 aromatic heterocycles. The molecule has 0 aliphatic carbocycles. The molecule has 2 aromatic carbocycles. The molecule has 6 aromatic rings. The average Bonchev–Trinajstić information content (AvgIpc) is 3.62. The Kier molecular flexibility index (Phi) is 15.2. The summed E-state index contributed by atoms with van der Waals surface area (Å²) in [6.45, 7) is 10.6. The lowest BCUT2D eigenvalue weighted by Gasteiger charge is -2.16. The smallest absolute Gasteiger partial charge is 0.334 e. The summed E-state index contributed by atoms with van der Waals surface area (Å²) in [4.78, 5) is 62.0. The standard InChI is InChI=1S/C22H31ClN4O3Si.C15H15ClN4O3.CH4/c1-5-6-12-25-20(28)18-19(27(22(25)29)16-30-13-14-31(2,3)4)24-21(23)26(18)15-17-10-8-7-9-11-17;16-14-17-12-11(20(14)9-10-5-2-1-3-6-10)13(22)19(7-4-8-21)15(23)18-12;/h7-11H,5-6,12-16H2,1-4H3;1-3,5-6,21H,4,7-9H2,(H,18,23);1H4. The van der Waals surface area contributed by atoms with Crippen LogP contribution in [0.25, 0.3) is 22.3 Å². The maximum absolute atomic E-state index is 13.3. The first-order valence-corrected chi connectivity index (χ1v) is 22.4. The summed E-state index contributed by atoms with van der Waals surface area (Å²) >= 11 is 12.6. The number of aliphatic hydroxyl groups is 1. The highest BCUT2D eigenvalue weighted by atomic mass is 35.5.